The van der Waals surface area contributed by atoms with Gasteiger partial charge in [-0.15, -0.1) is 0 Å². The first-order chi connectivity index (χ1) is 12.8. The van der Waals surface area contributed by atoms with E-state index in [0.29, 0.717) is 23.1 Å². The van der Waals surface area contributed by atoms with Crippen molar-refractivity contribution in [3.05, 3.63) is 58.4 Å². The number of aromatic nitrogens is 3. The van der Waals surface area contributed by atoms with Gasteiger partial charge in [0.2, 0.25) is 10.0 Å². The van der Waals surface area contributed by atoms with Gasteiger partial charge in [0, 0.05) is 26.3 Å². The first kappa shape index (κ1) is 17.9. The Morgan fingerprint density at radius 2 is 2.04 bits per heavy atom. The lowest BCUT2D eigenvalue weighted by atomic mass is 10.2. The van der Waals surface area contributed by atoms with E-state index in [0.717, 1.165) is 6.07 Å². The van der Waals surface area contributed by atoms with Crippen LogP contribution in [-0.4, -0.2) is 39.9 Å². The van der Waals surface area contributed by atoms with Crippen molar-refractivity contribution in [1.29, 1.82) is 0 Å². The Kier molecular flexibility index (Phi) is 4.15. The number of sulfonamides is 1. The van der Waals surface area contributed by atoms with Crippen LogP contribution in [0.15, 0.2) is 46.2 Å². The van der Waals surface area contributed by atoms with Crippen LogP contribution in [0.25, 0.3) is 11.2 Å². The Balaban J connectivity index is 1.69. The maximum Gasteiger partial charge on any atom is 0.330 e. The molecule has 0 bridgehead atoms. The number of rotatable bonds is 3. The van der Waals surface area contributed by atoms with E-state index in [1.807, 2.05) is 0 Å². The van der Waals surface area contributed by atoms with Gasteiger partial charge < -0.3 is 0 Å². The van der Waals surface area contributed by atoms with E-state index in [2.05, 4.69) is 4.98 Å². The molecule has 1 aliphatic rings. The summed E-state index contributed by atoms with van der Waals surface area (Å²) in [6.45, 7) is 1.99. The van der Waals surface area contributed by atoms with Gasteiger partial charge in [0.25, 0.3) is 0 Å². The molecule has 0 amide bonds. The summed E-state index contributed by atoms with van der Waals surface area (Å²) in [7, 11) is -2.16. The van der Waals surface area contributed by atoms with Crippen LogP contribution in [0.1, 0.15) is 18.0 Å². The third-order valence-electron chi connectivity index (χ3n) is 5.12. The Morgan fingerprint density at radius 1 is 1.26 bits per heavy atom. The summed E-state index contributed by atoms with van der Waals surface area (Å²) >= 11 is 0. The number of imidazole rings is 1. The van der Waals surface area contributed by atoms with Gasteiger partial charge in [0.1, 0.15) is 5.82 Å². The smallest absolute Gasteiger partial charge is 0.293 e. The van der Waals surface area contributed by atoms with Crippen molar-refractivity contribution in [2.45, 2.75) is 24.3 Å². The first-order valence-corrected chi connectivity index (χ1v) is 10.0. The Morgan fingerprint density at radius 3 is 2.78 bits per heavy atom. The van der Waals surface area contributed by atoms with E-state index in [4.69, 9.17) is 0 Å². The summed E-state index contributed by atoms with van der Waals surface area (Å²) in [5.41, 5.74) is 1.40. The number of hydrogen-bond acceptors (Lipinski definition) is 4. The molecule has 1 aromatic carbocycles. The molecular weight excluding hydrogens is 371 g/mol. The highest BCUT2D eigenvalue weighted by Gasteiger charge is 2.35. The zero-order valence-electron chi connectivity index (χ0n) is 15.0. The molecule has 2 aromatic heterocycles. The summed E-state index contributed by atoms with van der Waals surface area (Å²) in [4.78, 5) is 16.9. The molecule has 3 aromatic rings. The minimum Gasteiger partial charge on any atom is -0.293 e. The molecular formula is C18H19FN4O3S. The quantitative estimate of drug-likeness (QED) is 0.684. The largest absolute Gasteiger partial charge is 0.330 e. The average Bonchev–Trinajstić information content (AvgIpc) is 3.22. The predicted octanol–water partition coefficient (Wildman–Crippen LogP) is 1.82. The second-order valence-corrected chi connectivity index (χ2v) is 8.71. The highest BCUT2D eigenvalue weighted by Crippen LogP contribution is 2.29. The topological polar surface area (TPSA) is 77.2 Å². The Hall–Kier alpha value is -2.52. The third kappa shape index (κ3) is 2.78. The van der Waals surface area contributed by atoms with E-state index < -0.39 is 15.8 Å². The number of hydrogen-bond donors (Lipinski definition) is 0. The van der Waals surface area contributed by atoms with Crippen molar-refractivity contribution < 1.29 is 12.8 Å². The highest BCUT2D eigenvalue weighted by atomic mass is 32.2. The maximum atomic E-state index is 13.8. The average molecular weight is 390 g/mol. The summed E-state index contributed by atoms with van der Waals surface area (Å²) < 4.78 is 44.0. The molecule has 0 N–H and O–H groups in total. The number of fused-ring (bicyclic) bond motifs is 1. The van der Waals surface area contributed by atoms with Crippen LogP contribution in [0, 0.1) is 12.7 Å². The SMILES string of the molecule is Cc1ccc(S(=O)(=O)N2CCC(n3c(=O)n(C)c4cccnc43)C2)cc1F. The zero-order valence-corrected chi connectivity index (χ0v) is 15.8. The summed E-state index contributed by atoms with van der Waals surface area (Å²) in [5.74, 6) is -0.554. The molecule has 1 aliphatic heterocycles. The van der Waals surface area contributed by atoms with Crippen molar-refractivity contribution in [3.63, 3.8) is 0 Å². The molecule has 3 heterocycles. The fourth-order valence-corrected chi connectivity index (χ4v) is 5.05. The van der Waals surface area contributed by atoms with Gasteiger partial charge in [-0.2, -0.15) is 4.31 Å². The summed E-state index contributed by atoms with van der Waals surface area (Å²) in [6.07, 6.45) is 2.10. The number of aryl methyl sites for hydroxylation is 2. The van der Waals surface area contributed by atoms with Gasteiger partial charge >= 0.3 is 5.69 Å². The van der Waals surface area contributed by atoms with E-state index in [9.17, 15) is 17.6 Å². The maximum absolute atomic E-state index is 13.8. The van der Waals surface area contributed by atoms with E-state index >= 15 is 0 Å². The predicted molar refractivity (Wildman–Crippen MR) is 98.5 cm³/mol. The summed E-state index contributed by atoms with van der Waals surface area (Å²) in [5, 5.41) is 0. The second kappa shape index (κ2) is 6.28. The molecule has 1 unspecified atom stereocenters. The molecule has 1 atom stereocenters. The van der Waals surface area contributed by atoms with Gasteiger partial charge in [-0.1, -0.05) is 6.07 Å². The van der Waals surface area contributed by atoms with Crippen LogP contribution in [0.5, 0.6) is 0 Å². The van der Waals surface area contributed by atoms with Crippen molar-refractivity contribution in [2.75, 3.05) is 13.1 Å². The minimum atomic E-state index is -3.83. The van der Waals surface area contributed by atoms with E-state index in [1.54, 1.807) is 36.9 Å². The van der Waals surface area contributed by atoms with Crippen LogP contribution in [0.2, 0.25) is 0 Å². The van der Waals surface area contributed by atoms with Crippen LogP contribution < -0.4 is 5.69 Å². The molecule has 0 radical (unpaired) electrons. The molecule has 0 saturated carbocycles. The highest BCUT2D eigenvalue weighted by molar-refractivity contribution is 7.89. The fraction of sp³-hybridized carbons (Fsp3) is 0.333. The van der Waals surface area contributed by atoms with Gasteiger partial charge in [0.05, 0.1) is 16.5 Å². The van der Waals surface area contributed by atoms with Crippen molar-refractivity contribution in [2.24, 2.45) is 7.05 Å². The van der Waals surface area contributed by atoms with Gasteiger partial charge in [-0.3, -0.25) is 9.13 Å². The lowest BCUT2D eigenvalue weighted by Crippen LogP contribution is -2.32. The standard InChI is InChI=1S/C18H19FN4O3S/c1-12-5-6-14(10-15(12)19)27(25,26)22-9-7-13(11-22)23-17-16(4-3-8-20-17)21(2)18(23)24/h3-6,8,10,13H,7,9,11H2,1-2H3. The van der Waals surface area contributed by atoms with Crippen LogP contribution >= 0.6 is 0 Å². The second-order valence-electron chi connectivity index (χ2n) is 6.77. The van der Waals surface area contributed by atoms with Crippen LogP contribution in [-0.2, 0) is 17.1 Å². The molecule has 1 fully saturated rings. The molecule has 27 heavy (non-hydrogen) atoms. The van der Waals surface area contributed by atoms with Gasteiger partial charge in [-0.25, -0.2) is 22.6 Å². The van der Waals surface area contributed by atoms with Gasteiger partial charge in [-0.05, 0) is 43.2 Å². The van der Waals surface area contributed by atoms with Crippen molar-refractivity contribution >= 4 is 21.2 Å². The number of halogens is 1. The fourth-order valence-electron chi connectivity index (χ4n) is 3.54. The Labute approximate surface area is 155 Å². The van der Waals surface area contributed by atoms with Crippen LogP contribution in [0.3, 0.4) is 0 Å². The third-order valence-corrected chi connectivity index (χ3v) is 6.98. The molecule has 9 heteroatoms. The molecule has 1 saturated heterocycles. The van der Waals surface area contributed by atoms with Gasteiger partial charge in [0.15, 0.2) is 5.65 Å². The monoisotopic (exact) mass is 390 g/mol. The number of pyridine rings is 1. The Bertz CT molecular complexity index is 1200. The van der Waals surface area contributed by atoms with E-state index in [1.165, 1.54) is 21.0 Å². The lowest BCUT2D eigenvalue weighted by molar-refractivity contribution is 0.448. The number of benzene rings is 1. The minimum absolute atomic E-state index is 0.0744. The first-order valence-electron chi connectivity index (χ1n) is 8.59. The molecule has 0 aliphatic carbocycles. The molecule has 142 valence electrons. The molecule has 7 nitrogen and oxygen atoms in total. The van der Waals surface area contributed by atoms with E-state index in [-0.39, 0.29) is 29.7 Å². The number of nitrogens with zero attached hydrogens (tertiary/aromatic N) is 4. The van der Waals surface area contributed by atoms with Crippen molar-refractivity contribution in [3.8, 4) is 0 Å². The molecule has 0 spiro atoms. The summed E-state index contributed by atoms with van der Waals surface area (Å²) in [6, 6.07) is 7.15. The van der Waals surface area contributed by atoms with Crippen LogP contribution in [0.4, 0.5) is 4.39 Å². The normalized spacial score (nSPS) is 18.4. The lowest BCUT2D eigenvalue weighted by Gasteiger charge is -2.17. The molecule has 4 rings (SSSR count). The van der Waals surface area contributed by atoms with Crippen molar-refractivity contribution in [1.82, 2.24) is 18.4 Å². The zero-order chi connectivity index (χ0) is 19.3.